The third-order valence-electron chi connectivity index (χ3n) is 3.37. The molecule has 0 unspecified atom stereocenters. The van der Waals surface area contributed by atoms with E-state index in [2.05, 4.69) is 19.1 Å². The van der Waals surface area contributed by atoms with E-state index in [-0.39, 0.29) is 16.7 Å². The average molecular weight is 340 g/mol. The molecular formula is C13H16N4O3S2. The molecule has 2 aromatic heterocycles. The van der Waals surface area contributed by atoms with Gasteiger partial charge < -0.3 is 4.74 Å². The lowest BCUT2D eigenvalue weighted by Crippen LogP contribution is -2.16. The summed E-state index contributed by atoms with van der Waals surface area (Å²) in [7, 11) is -2.43. The van der Waals surface area contributed by atoms with Crippen LogP contribution in [-0.2, 0) is 16.4 Å². The van der Waals surface area contributed by atoms with Gasteiger partial charge in [-0.05, 0) is 36.9 Å². The number of hydrogen-bond acceptors (Lipinski definition) is 7. The molecule has 0 atom stereocenters. The molecule has 9 heteroatoms. The fourth-order valence-electron chi connectivity index (χ4n) is 2.04. The Balaban J connectivity index is 1.93. The molecule has 118 valence electrons. The third kappa shape index (κ3) is 3.05. The van der Waals surface area contributed by atoms with E-state index in [0.29, 0.717) is 5.92 Å². The third-order valence-corrected chi connectivity index (χ3v) is 5.46. The first-order valence-corrected chi connectivity index (χ1v) is 9.24. The van der Waals surface area contributed by atoms with Crippen molar-refractivity contribution in [2.75, 3.05) is 11.8 Å². The van der Waals surface area contributed by atoms with Gasteiger partial charge in [0, 0.05) is 22.7 Å². The normalized spacial score (nSPS) is 14.8. The number of nitrogens with zero attached hydrogens (tertiary/aromatic N) is 3. The summed E-state index contributed by atoms with van der Waals surface area (Å²) in [6, 6.07) is 1.95. The van der Waals surface area contributed by atoms with Gasteiger partial charge in [-0.3, -0.25) is 0 Å². The minimum absolute atomic E-state index is 0.00141. The summed E-state index contributed by atoms with van der Waals surface area (Å²) in [4.78, 5) is 8.59. The van der Waals surface area contributed by atoms with Gasteiger partial charge in [0.05, 0.1) is 7.11 Å². The fourth-order valence-corrected chi connectivity index (χ4v) is 4.05. The Kier molecular flexibility index (Phi) is 4.00. The minimum atomic E-state index is -3.81. The maximum absolute atomic E-state index is 12.4. The lowest BCUT2D eigenvalue weighted by Gasteiger charge is -2.09. The lowest BCUT2D eigenvalue weighted by molar-refractivity contribution is 0.391. The Bertz CT molecular complexity index is 784. The van der Waals surface area contributed by atoms with Gasteiger partial charge in [0.1, 0.15) is 0 Å². The molecule has 0 amide bonds. The molecule has 2 heterocycles. The zero-order valence-electron chi connectivity index (χ0n) is 12.2. The molecule has 1 aliphatic carbocycles. The van der Waals surface area contributed by atoms with Gasteiger partial charge in [0.2, 0.25) is 11.8 Å². The Hall–Kier alpha value is -1.74. The number of anilines is 1. The molecule has 1 N–H and O–H groups in total. The van der Waals surface area contributed by atoms with E-state index in [1.807, 2.05) is 13.0 Å². The van der Waals surface area contributed by atoms with Gasteiger partial charge >= 0.3 is 0 Å². The molecule has 3 rings (SSSR count). The van der Waals surface area contributed by atoms with Gasteiger partial charge in [-0.25, -0.2) is 23.1 Å². The monoisotopic (exact) mass is 340 g/mol. The highest BCUT2D eigenvalue weighted by atomic mass is 32.2. The van der Waals surface area contributed by atoms with Crippen molar-refractivity contribution in [3.63, 3.8) is 0 Å². The predicted octanol–water partition coefficient (Wildman–Crippen LogP) is 2.18. The van der Waals surface area contributed by atoms with Crippen molar-refractivity contribution < 1.29 is 13.2 Å². The van der Waals surface area contributed by atoms with E-state index in [4.69, 9.17) is 4.74 Å². The van der Waals surface area contributed by atoms with E-state index >= 15 is 0 Å². The molecule has 0 bridgehead atoms. The van der Waals surface area contributed by atoms with Crippen molar-refractivity contribution in [2.24, 2.45) is 0 Å². The Morgan fingerprint density at radius 1 is 1.41 bits per heavy atom. The largest absolute Gasteiger partial charge is 0.479 e. The van der Waals surface area contributed by atoms with Crippen LogP contribution in [0.3, 0.4) is 0 Å². The number of hydrogen-bond donors (Lipinski definition) is 1. The number of aryl methyl sites for hydroxylation is 1. The molecule has 1 saturated carbocycles. The van der Waals surface area contributed by atoms with E-state index < -0.39 is 10.0 Å². The van der Waals surface area contributed by atoms with Crippen LogP contribution in [0.2, 0.25) is 0 Å². The maximum atomic E-state index is 12.4. The minimum Gasteiger partial charge on any atom is -0.479 e. The van der Waals surface area contributed by atoms with Crippen LogP contribution in [0.5, 0.6) is 5.88 Å². The van der Waals surface area contributed by atoms with Crippen LogP contribution in [0.1, 0.15) is 37.1 Å². The maximum Gasteiger partial charge on any atom is 0.270 e. The quantitative estimate of drug-likeness (QED) is 0.866. The van der Waals surface area contributed by atoms with Crippen LogP contribution >= 0.6 is 11.5 Å². The second-order valence-electron chi connectivity index (χ2n) is 5.03. The summed E-state index contributed by atoms with van der Waals surface area (Å²) in [6.45, 7) is 1.98. The van der Waals surface area contributed by atoms with Crippen molar-refractivity contribution in [3.05, 3.63) is 22.8 Å². The molecule has 2 aromatic rings. The predicted molar refractivity (Wildman–Crippen MR) is 82.9 cm³/mol. The van der Waals surface area contributed by atoms with Crippen LogP contribution in [-0.4, -0.2) is 29.9 Å². The summed E-state index contributed by atoms with van der Waals surface area (Å²) < 4.78 is 36.2. The molecule has 0 aromatic carbocycles. The van der Waals surface area contributed by atoms with Gasteiger partial charge in [0.15, 0.2) is 4.90 Å². The standard InChI is InChI=1S/C13H16N4O3S2/c1-3-9-6-10(8-4-5-8)15-13(14-9)17-22(18,19)11-7-21-16-12(11)20-2/h6-8H,3-5H2,1-2H3,(H,14,15,17). The highest BCUT2D eigenvalue weighted by molar-refractivity contribution is 7.93. The molecule has 0 spiro atoms. The van der Waals surface area contributed by atoms with Crippen LogP contribution in [0, 0.1) is 0 Å². The summed E-state index contributed by atoms with van der Waals surface area (Å²) in [5.74, 6) is 0.606. The van der Waals surface area contributed by atoms with Crippen molar-refractivity contribution in [1.29, 1.82) is 0 Å². The van der Waals surface area contributed by atoms with E-state index in [9.17, 15) is 8.42 Å². The molecule has 0 aliphatic heterocycles. The SMILES string of the molecule is CCc1cc(C2CC2)nc(NS(=O)(=O)c2csnc2OC)n1. The second kappa shape index (κ2) is 5.81. The summed E-state index contributed by atoms with van der Waals surface area (Å²) in [5, 5.41) is 1.42. The van der Waals surface area contributed by atoms with Crippen molar-refractivity contribution in [3.8, 4) is 5.88 Å². The zero-order chi connectivity index (χ0) is 15.7. The first-order valence-electron chi connectivity index (χ1n) is 6.92. The Morgan fingerprint density at radius 3 is 2.82 bits per heavy atom. The van der Waals surface area contributed by atoms with Gasteiger partial charge in [0.25, 0.3) is 10.0 Å². The fraction of sp³-hybridized carbons (Fsp3) is 0.462. The summed E-state index contributed by atoms with van der Waals surface area (Å²) in [5.41, 5.74) is 1.73. The topological polar surface area (TPSA) is 94.1 Å². The van der Waals surface area contributed by atoms with Crippen molar-refractivity contribution in [1.82, 2.24) is 14.3 Å². The highest BCUT2D eigenvalue weighted by Crippen LogP contribution is 2.39. The summed E-state index contributed by atoms with van der Waals surface area (Å²) in [6.07, 6.45) is 2.91. The number of rotatable bonds is 6. The van der Waals surface area contributed by atoms with Crippen LogP contribution in [0.25, 0.3) is 0 Å². The molecule has 7 nitrogen and oxygen atoms in total. The molecule has 1 aliphatic rings. The van der Waals surface area contributed by atoms with E-state index in [1.54, 1.807) is 0 Å². The Morgan fingerprint density at radius 2 is 2.18 bits per heavy atom. The van der Waals surface area contributed by atoms with Gasteiger partial charge in [-0.2, -0.15) is 4.37 Å². The molecular weight excluding hydrogens is 324 g/mol. The smallest absolute Gasteiger partial charge is 0.270 e. The number of nitrogens with one attached hydrogen (secondary N) is 1. The molecule has 0 saturated heterocycles. The number of sulfonamides is 1. The molecule has 0 radical (unpaired) electrons. The van der Waals surface area contributed by atoms with E-state index in [0.717, 1.165) is 42.2 Å². The number of aromatic nitrogens is 3. The molecule has 22 heavy (non-hydrogen) atoms. The van der Waals surface area contributed by atoms with Gasteiger partial charge in [-0.15, -0.1) is 0 Å². The highest BCUT2D eigenvalue weighted by Gasteiger charge is 2.28. The number of ether oxygens (including phenoxy) is 1. The van der Waals surface area contributed by atoms with Gasteiger partial charge in [-0.1, -0.05) is 6.92 Å². The number of methoxy groups -OCH3 is 1. The van der Waals surface area contributed by atoms with Crippen LogP contribution in [0.15, 0.2) is 16.3 Å². The summed E-state index contributed by atoms with van der Waals surface area (Å²) >= 11 is 1.02. The first-order chi connectivity index (χ1) is 10.5. The van der Waals surface area contributed by atoms with Crippen LogP contribution < -0.4 is 9.46 Å². The van der Waals surface area contributed by atoms with E-state index in [1.165, 1.54) is 12.5 Å². The first kappa shape index (κ1) is 15.2. The Labute approximate surface area is 133 Å². The average Bonchev–Trinajstić information content (AvgIpc) is 3.23. The van der Waals surface area contributed by atoms with Crippen molar-refractivity contribution in [2.45, 2.75) is 37.0 Å². The second-order valence-corrected chi connectivity index (χ2v) is 7.31. The molecule has 1 fully saturated rings. The van der Waals surface area contributed by atoms with Crippen molar-refractivity contribution >= 4 is 27.5 Å². The van der Waals surface area contributed by atoms with Crippen LogP contribution in [0.4, 0.5) is 5.95 Å². The lowest BCUT2D eigenvalue weighted by atomic mass is 10.2. The zero-order valence-corrected chi connectivity index (χ0v) is 13.9.